The molecule has 146 valence electrons. The number of hydrogen-bond acceptors (Lipinski definition) is 6. The molecule has 28 heavy (non-hydrogen) atoms. The van der Waals surface area contributed by atoms with Crippen molar-refractivity contribution in [2.75, 3.05) is 11.1 Å². The predicted molar refractivity (Wildman–Crippen MR) is 97.7 cm³/mol. The molecular weight excluding hydrogens is 393 g/mol. The monoisotopic (exact) mass is 408 g/mol. The van der Waals surface area contributed by atoms with Crippen LogP contribution in [0, 0.1) is 0 Å². The van der Waals surface area contributed by atoms with Crippen LogP contribution in [0.4, 0.5) is 18.9 Å². The van der Waals surface area contributed by atoms with E-state index in [1.54, 1.807) is 42.7 Å². The smallest absolute Gasteiger partial charge is 0.339 e. The third kappa shape index (κ3) is 5.81. The quantitative estimate of drug-likeness (QED) is 0.585. The number of para-hydroxylation sites is 1. The van der Waals surface area contributed by atoms with Crippen molar-refractivity contribution in [3.8, 4) is 11.4 Å². The molecule has 3 aromatic rings. The van der Waals surface area contributed by atoms with Crippen molar-refractivity contribution in [1.82, 2.24) is 15.1 Å². The number of thioether (sulfide) groups is 1. The maximum Gasteiger partial charge on any atom is 0.398 e. The maximum atomic E-state index is 12.4. The molecule has 0 aliphatic carbocycles. The Bertz CT molecular complexity index is 932. The van der Waals surface area contributed by atoms with E-state index in [2.05, 4.69) is 20.4 Å². The highest BCUT2D eigenvalue weighted by molar-refractivity contribution is 7.99. The van der Waals surface area contributed by atoms with Crippen molar-refractivity contribution < 1.29 is 22.5 Å². The van der Waals surface area contributed by atoms with Gasteiger partial charge in [0.25, 0.3) is 0 Å². The van der Waals surface area contributed by atoms with Crippen molar-refractivity contribution in [3.63, 3.8) is 0 Å². The summed E-state index contributed by atoms with van der Waals surface area (Å²) >= 11 is 0.626. The fourth-order valence-electron chi connectivity index (χ4n) is 2.26. The second-order valence-electron chi connectivity index (χ2n) is 5.70. The first-order valence-electron chi connectivity index (χ1n) is 8.22. The van der Waals surface area contributed by atoms with E-state index in [1.165, 1.54) is 6.07 Å². The molecule has 2 aromatic heterocycles. The van der Waals surface area contributed by atoms with Crippen LogP contribution in [0.1, 0.15) is 12.3 Å². The Morgan fingerprint density at radius 3 is 2.64 bits per heavy atom. The van der Waals surface area contributed by atoms with E-state index in [1.807, 2.05) is 0 Å². The molecule has 6 nitrogen and oxygen atoms in total. The molecule has 0 aliphatic rings. The standard InChI is InChI=1S/C18H15F3N4O2S/c19-18(20,21)11-28-14-4-2-1-3-13(14)23-15(26)5-6-16-24-17(25-27-16)12-7-9-22-10-8-12/h1-4,7-10H,5-6,11H2,(H,23,26). The van der Waals surface area contributed by atoms with Crippen LogP contribution in [0.3, 0.4) is 0 Å². The molecule has 0 aliphatic heterocycles. The summed E-state index contributed by atoms with van der Waals surface area (Å²) in [5.74, 6) is -0.697. The first-order valence-corrected chi connectivity index (χ1v) is 9.21. The summed E-state index contributed by atoms with van der Waals surface area (Å²) in [6.07, 6.45) is -0.815. The summed E-state index contributed by atoms with van der Waals surface area (Å²) in [6, 6.07) is 9.82. The van der Waals surface area contributed by atoms with Gasteiger partial charge >= 0.3 is 6.18 Å². The summed E-state index contributed by atoms with van der Waals surface area (Å²) in [5.41, 5.74) is 1.08. The number of halogens is 3. The first-order chi connectivity index (χ1) is 13.4. The lowest BCUT2D eigenvalue weighted by Crippen LogP contribution is -2.14. The van der Waals surface area contributed by atoms with E-state index in [4.69, 9.17) is 4.52 Å². The summed E-state index contributed by atoms with van der Waals surface area (Å²) < 4.78 is 42.4. The number of pyridine rings is 1. The molecule has 1 N–H and O–H groups in total. The maximum absolute atomic E-state index is 12.4. The van der Waals surface area contributed by atoms with E-state index < -0.39 is 11.9 Å². The molecule has 0 atom stereocenters. The zero-order valence-corrected chi connectivity index (χ0v) is 15.3. The molecule has 0 fully saturated rings. The van der Waals surface area contributed by atoms with E-state index in [0.29, 0.717) is 34.1 Å². The summed E-state index contributed by atoms with van der Waals surface area (Å²) in [5, 5.41) is 6.48. The molecule has 0 radical (unpaired) electrons. The molecule has 0 spiro atoms. The lowest BCUT2D eigenvalue weighted by Gasteiger charge is -2.11. The number of aryl methyl sites for hydroxylation is 1. The van der Waals surface area contributed by atoms with Crippen molar-refractivity contribution in [3.05, 3.63) is 54.7 Å². The SMILES string of the molecule is O=C(CCc1nc(-c2ccncc2)no1)Nc1ccccc1SCC(F)(F)F. The Hall–Kier alpha value is -2.88. The predicted octanol–water partition coefficient (Wildman–Crippen LogP) is 4.36. The number of carbonyl (C=O) groups is 1. The number of nitrogens with zero attached hydrogens (tertiary/aromatic N) is 3. The fourth-order valence-corrected chi connectivity index (χ4v) is 3.03. The third-order valence-electron chi connectivity index (χ3n) is 3.53. The van der Waals surface area contributed by atoms with Crippen LogP contribution in [0.15, 0.2) is 58.2 Å². The van der Waals surface area contributed by atoms with E-state index in [9.17, 15) is 18.0 Å². The van der Waals surface area contributed by atoms with Crippen LogP contribution >= 0.6 is 11.8 Å². The fraction of sp³-hybridized carbons (Fsp3) is 0.222. The molecule has 0 unspecified atom stereocenters. The number of carbonyl (C=O) groups excluding carboxylic acids is 1. The molecule has 0 saturated heterocycles. The zero-order chi connectivity index (χ0) is 20.0. The zero-order valence-electron chi connectivity index (χ0n) is 14.4. The van der Waals surface area contributed by atoms with Gasteiger partial charge in [0.2, 0.25) is 17.6 Å². The van der Waals surface area contributed by atoms with Crippen molar-refractivity contribution in [1.29, 1.82) is 0 Å². The average molecular weight is 408 g/mol. The van der Waals surface area contributed by atoms with E-state index in [-0.39, 0.29) is 18.7 Å². The van der Waals surface area contributed by atoms with Gasteiger partial charge in [-0.2, -0.15) is 18.2 Å². The molecule has 2 heterocycles. The van der Waals surface area contributed by atoms with Gasteiger partial charge in [0.05, 0.1) is 11.4 Å². The van der Waals surface area contributed by atoms with E-state index in [0.717, 1.165) is 5.56 Å². The summed E-state index contributed by atoms with van der Waals surface area (Å²) in [6.45, 7) is 0. The Labute approximate surface area is 162 Å². The van der Waals surface area contributed by atoms with Crippen LogP contribution in [0.2, 0.25) is 0 Å². The van der Waals surface area contributed by atoms with Gasteiger partial charge in [-0.15, -0.1) is 11.8 Å². The molecule has 3 rings (SSSR count). The van der Waals surface area contributed by atoms with Crippen molar-refractivity contribution in [2.24, 2.45) is 0 Å². The number of benzene rings is 1. The van der Waals surface area contributed by atoms with Gasteiger partial charge in [0, 0.05) is 35.7 Å². The van der Waals surface area contributed by atoms with Crippen LogP contribution < -0.4 is 5.32 Å². The summed E-state index contributed by atoms with van der Waals surface area (Å²) in [4.78, 5) is 20.7. The molecule has 0 bridgehead atoms. The highest BCUT2D eigenvalue weighted by Gasteiger charge is 2.27. The van der Waals surface area contributed by atoms with Gasteiger partial charge in [0.1, 0.15) is 0 Å². The minimum Gasteiger partial charge on any atom is -0.339 e. The Morgan fingerprint density at radius 2 is 1.89 bits per heavy atom. The van der Waals surface area contributed by atoms with Gasteiger partial charge in [-0.05, 0) is 24.3 Å². The number of alkyl halides is 3. The molecular formula is C18H15F3N4O2S. The second-order valence-corrected chi connectivity index (χ2v) is 6.71. The Kier molecular flexibility index (Phi) is 6.30. The second kappa shape index (κ2) is 8.87. The van der Waals surface area contributed by atoms with E-state index >= 15 is 0 Å². The minimum absolute atomic E-state index is 0.0518. The molecule has 1 aromatic carbocycles. The molecule has 0 saturated carbocycles. The summed E-state index contributed by atoms with van der Waals surface area (Å²) in [7, 11) is 0. The number of amides is 1. The number of hydrogen-bond donors (Lipinski definition) is 1. The van der Waals surface area contributed by atoms with Crippen LogP contribution in [0.25, 0.3) is 11.4 Å². The van der Waals surface area contributed by atoms with Crippen molar-refractivity contribution >= 4 is 23.4 Å². The number of rotatable bonds is 7. The molecule has 10 heteroatoms. The first kappa shape index (κ1) is 19.9. The van der Waals surface area contributed by atoms with Gasteiger partial charge in [-0.25, -0.2) is 0 Å². The average Bonchev–Trinajstić information content (AvgIpc) is 3.15. The van der Waals surface area contributed by atoms with Gasteiger partial charge in [0.15, 0.2) is 0 Å². The highest BCUT2D eigenvalue weighted by Crippen LogP contribution is 2.32. The number of nitrogens with one attached hydrogen (secondary N) is 1. The van der Waals surface area contributed by atoms with Crippen LogP contribution in [0.5, 0.6) is 0 Å². The van der Waals surface area contributed by atoms with Crippen molar-refractivity contribution in [2.45, 2.75) is 23.9 Å². The third-order valence-corrected chi connectivity index (χ3v) is 4.66. The lowest BCUT2D eigenvalue weighted by molar-refractivity contribution is -0.116. The van der Waals surface area contributed by atoms with Gasteiger partial charge in [-0.1, -0.05) is 17.3 Å². The largest absolute Gasteiger partial charge is 0.398 e. The van der Waals surface area contributed by atoms with Gasteiger partial charge < -0.3 is 9.84 Å². The number of aromatic nitrogens is 3. The number of anilines is 1. The highest BCUT2D eigenvalue weighted by atomic mass is 32.2. The Balaban J connectivity index is 1.56. The van der Waals surface area contributed by atoms with Crippen LogP contribution in [-0.4, -0.2) is 33.0 Å². The Morgan fingerprint density at radius 1 is 1.14 bits per heavy atom. The molecule has 1 amide bonds. The van der Waals surface area contributed by atoms with Crippen LogP contribution in [-0.2, 0) is 11.2 Å². The lowest BCUT2D eigenvalue weighted by atomic mass is 10.2. The van der Waals surface area contributed by atoms with Gasteiger partial charge in [-0.3, -0.25) is 9.78 Å². The normalized spacial score (nSPS) is 11.4. The topological polar surface area (TPSA) is 80.9 Å². The minimum atomic E-state index is -4.29.